The quantitative estimate of drug-likeness (QED) is 0.720. The maximum absolute atomic E-state index is 5.56. The van der Waals surface area contributed by atoms with Gasteiger partial charge in [-0.2, -0.15) is 0 Å². The fraction of sp³-hybridized carbons (Fsp3) is 1.00. The Kier molecular flexibility index (Phi) is 4.85. The van der Waals surface area contributed by atoms with Crippen LogP contribution in [0.15, 0.2) is 0 Å². The molecule has 1 heterocycles. The van der Waals surface area contributed by atoms with Crippen LogP contribution in [0.5, 0.6) is 0 Å². The zero-order valence-corrected chi connectivity index (χ0v) is 9.87. The molecular weight excluding hydrogens is 174 g/mol. The second-order valence-electron chi connectivity index (χ2n) is 4.75. The lowest BCUT2D eigenvalue weighted by molar-refractivity contribution is 0.0629. The molecule has 0 spiro atoms. The van der Waals surface area contributed by atoms with E-state index in [1.165, 1.54) is 26.2 Å². The van der Waals surface area contributed by atoms with Crippen molar-refractivity contribution in [3.05, 3.63) is 0 Å². The number of hydrogen-bond acceptors (Lipinski definition) is 3. The molecule has 0 radical (unpaired) electrons. The molecule has 1 saturated heterocycles. The minimum absolute atomic E-state index is 0.722. The lowest BCUT2D eigenvalue weighted by Crippen LogP contribution is -2.54. The lowest BCUT2D eigenvalue weighted by Gasteiger charge is -2.42. The fourth-order valence-corrected chi connectivity index (χ4v) is 2.20. The minimum atomic E-state index is 0.722. The number of nitrogens with two attached hydrogens (primary N) is 1. The van der Waals surface area contributed by atoms with Gasteiger partial charge in [0.25, 0.3) is 0 Å². The lowest BCUT2D eigenvalue weighted by atomic mass is 9.99. The normalized spacial score (nSPS) is 25.9. The SMILES string of the molecule is CC(C)C1CN(C)CCN1CCCN. The van der Waals surface area contributed by atoms with E-state index in [4.69, 9.17) is 5.73 Å². The molecule has 1 fully saturated rings. The average molecular weight is 199 g/mol. The fourth-order valence-electron chi connectivity index (χ4n) is 2.20. The third-order valence-corrected chi connectivity index (χ3v) is 3.16. The van der Waals surface area contributed by atoms with E-state index in [9.17, 15) is 0 Å². The van der Waals surface area contributed by atoms with Crippen molar-refractivity contribution in [1.29, 1.82) is 0 Å². The first-order chi connectivity index (χ1) is 6.65. The van der Waals surface area contributed by atoms with Crippen LogP contribution in [-0.2, 0) is 0 Å². The number of nitrogens with zero attached hydrogens (tertiary/aromatic N) is 2. The Bertz CT molecular complexity index is 157. The summed E-state index contributed by atoms with van der Waals surface area (Å²) < 4.78 is 0. The van der Waals surface area contributed by atoms with E-state index in [2.05, 4.69) is 30.7 Å². The van der Waals surface area contributed by atoms with E-state index in [0.717, 1.165) is 24.9 Å². The molecule has 84 valence electrons. The number of likely N-dealkylation sites (N-methyl/N-ethyl adjacent to an activating group) is 1. The van der Waals surface area contributed by atoms with Crippen molar-refractivity contribution in [1.82, 2.24) is 9.80 Å². The molecule has 3 heteroatoms. The number of piperazine rings is 1. The van der Waals surface area contributed by atoms with Gasteiger partial charge in [-0.15, -0.1) is 0 Å². The highest BCUT2D eigenvalue weighted by molar-refractivity contribution is 4.82. The summed E-state index contributed by atoms with van der Waals surface area (Å²) in [4.78, 5) is 5.04. The Morgan fingerprint density at radius 1 is 1.36 bits per heavy atom. The van der Waals surface area contributed by atoms with Gasteiger partial charge in [-0.05, 0) is 32.5 Å². The van der Waals surface area contributed by atoms with Crippen LogP contribution >= 0.6 is 0 Å². The van der Waals surface area contributed by atoms with Crippen molar-refractivity contribution in [3.63, 3.8) is 0 Å². The predicted octanol–water partition coefficient (Wildman–Crippen LogP) is 0.607. The molecule has 0 aromatic heterocycles. The van der Waals surface area contributed by atoms with Gasteiger partial charge in [-0.3, -0.25) is 4.90 Å². The average Bonchev–Trinajstić information content (AvgIpc) is 2.15. The topological polar surface area (TPSA) is 32.5 Å². The van der Waals surface area contributed by atoms with E-state index < -0.39 is 0 Å². The zero-order chi connectivity index (χ0) is 10.6. The molecule has 1 atom stereocenters. The molecule has 0 aromatic carbocycles. The third-order valence-electron chi connectivity index (χ3n) is 3.16. The first-order valence-electron chi connectivity index (χ1n) is 5.77. The summed E-state index contributed by atoms with van der Waals surface area (Å²) in [6.07, 6.45) is 1.13. The van der Waals surface area contributed by atoms with Gasteiger partial charge >= 0.3 is 0 Å². The standard InChI is InChI=1S/C11H25N3/c1-10(2)11-9-13(3)7-8-14(11)6-4-5-12/h10-11H,4-9,12H2,1-3H3. The summed E-state index contributed by atoms with van der Waals surface area (Å²) >= 11 is 0. The highest BCUT2D eigenvalue weighted by Crippen LogP contribution is 2.16. The van der Waals surface area contributed by atoms with Crippen molar-refractivity contribution >= 4 is 0 Å². The minimum Gasteiger partial charge on any atom is -0.330 e. The zero-order valence-electron chi connectivity index (χ0n) is 9.87. The molecule has 1 aliphatic rings. The second kappa shape index (κ2) is 5.69. The summed E-state index contributed by atoms with van der Waals surface area (Å²) in [7, 11) is 2.22. The Morgan fingerprint density at radius 2 is 2.07 bits per heavy atom. The van der Waals surface area contributed by atoms with Crippen LogP contribution in [0, 0.1) is 5.92 Å². The monoisotopic (exact) mass is 199 g/mol. The summed E-state index contributed by atoms with van der Waals surface area (Å²) in [6, 6.07) is 0.722. The van der Waals surface area contributed by atoms with E-state index in [1.54, 1.807) is 0 Å². The summed E-state index contributed by atoms with van der Waals surface area (Å²) in [6.45, 7) is 10.2. The van der Waals surface area contributed by atoms with E-state index in [0.29, 0.717) is 0 Å². The van der Waals surface area contributed by atoms with E-state index in [-0.39, 0.29) is 0 Å². The van der Waals surface area contributed by atoms with E-state index in [1.807, 2.05) is 0 Å². The first-order valence-corrected chi connectivity index (χ1v) is 5.77. The van der Waals surface area contributed by atoms with Crippen molar-refractivity contribution < 1.29 is 0 Å². The van der Waals surface area contributed by atoms with Gasteiger partial charge in [0.15, 0.2) is 0 Å². The molecule has 0 aliphatic carbocycles. The Labute approximate surface area is 88.2 Å². The molecule has 0 aromatic rings. The van der Waals surface area contributed by atoms with Crippen LogP contribution in [-0.4, -0.2) is 55.6 Å². The Balaban J connectivity index is 2.45. The van der Waals surface area contributed by atoms with Crippen LogP contribution in [0.1, 0.15) is 20.3 Å². The van der Waals surface area contributed by atoms with Gasteiger partial charge in [0.2, 0.25) is 0 Å². The molecule has 2 N–H and O–H groups in total. The van der Waals surface area contributed by atoms with Crippen molar-refractivity contribution in [2.24, 2.45) is 11.7 Å². The van der Waals surface area contributed by atoms with Gasteiger partial charge in [0.1, 0.15) is 0 Å². The summed E-state index contributed by atoms with van der Waals surface area (Å²) in [5.74, 6) is 0.746. The second-order valence-corrected chi connectivity index (χ2v) is 4.75. The van der Waals surface area contributed by atoms with Gasteiger partial charge in [-0.1, -0.05) is 13.8 Å². The van der Waals surface area contributed by atoms with Crippen LogP contribution in [0.4, 0.5) is 0 Å². The molecule has 3 nitrogen and oxygen atoms in total. The summed E-state index contributed by atoms with van der Waals surface area (Å²) in [5, 5.41) is 0. The first kappa shape index (κ1) is 12.0. The Hall–Kier alpha value is -0.120. The van der Waals surface area contributed by atoms with Gasteiger partial charge in [0, 0.05) is 25.7 Å². The molecular formula is C11H25N3. The maximum atomic E-state index is 5.56. The largest absolute Gasteiger partial charge is 0.330 e. The van der Waals surface area contributed by atoms with Crippen LogP contribution in [0.25, 0.3) is 0 Å². The summed E-state index contributed by atoms with van der Waals surface area (Å²) in [5.41, 5.74) is 5.56. The van der Waals surface area contributed by atoms with Gasteiger partial charge in [-0.25, -0.2) is 0 Å². The molecule has 0 amide bonds. The molecule has 1 unspecified atom stereocenters. The third kappa shape index (κ3) is 3.23. The highest BCUT2D eigenvalue weighted by atomic mass is 15.3. The predicted molar refractivity (Wildman–Crippen MR) is 61.4 cm³/mol. The van der Waals surface area contributed by atoms with Gasteiger partial charge < -0.3 is 10.6 Å². The number of hydrogen-bond donors (Lipinski definition) is 1. The molecule has 0 bridgehead atoms. The number of rotatable bonds is 4. The van der Waals surface area contributed by atoms with Crippen molar-refractivity contribution in [3.8, 4) is 0 Å². The van der Waals surface area contributed by atoms with Crippen LogP contribution in [0.2, 0.25) is 0 Å². The smallest absolute Gasteiger partial charge is 0.0246 e. The molecule has 14 heavy (non-hydrogen) atoms. The molecule has 1 rings (SSSR count). The van der Waals surface area contributed by atoms with E-state index >= 15 is 0 Å². The van der Waals surface area contributed by atoms with Crippen LogP contribution in [0.3, 0.4) is 0 Å². The van der Waals surface area contributed by atoms with Crippen molar-refractivity contribution in [2.45, 2.75) is 26.3 Å². The molecule has 1 aliphatic heterocycles. The van der Waals surface area contributed by atoms with Gasteiger partial charge in [0.05, 0.1) is 0 Å². The Morgan fingerprint density at radius 3 is 2.64 bits per heavy atom. The van der Waals surface area contributed by atoms with Crippen LogP contribution < -0.4 is 5.73 Å². The maximum Gasteiger partial charge on any atom is 0.0246 e. The van der Waals surface area contributed by atoms with Crippen molar-refractivity contribution in [2.75, 3.05) is 39.8 Å². The molecule has 0 saturated carbocycles. The highest BCUT2D eigenvalue weighted by Gasteiger charge is 2.26.